The van der Waals surface area contributed by atoms with Gasteiger partial charge < -0.3 is 19.2 Å². The Morgan fingerprint density at radius 2 is 1.96 bits per heavy atom. The summed E-state index contributed by atoms with van der Waals surface area (Å²) in [4.78, 5) is 12.4. The van der Waals surface area contributed by atoms with E-state index in [0.29, 0.717) is 37.1 Å². The van der Waals surface area contributed by atoms with E-state index in [4.69, 9.17) is 13.9 Å². The van der Waals surface area contributed by atoms with Crippen LogP contribution in [-0.2, 0) is 6.42 Å². The van der Waals surface area contributed by atoms with Gasteiger partial charge in [0.15, 0.2) is 28.7 Å². The Balaban J connectivity index is 1.43. The van der Waals surface area contributed by atoms with E-state index in [1.807, 2.05) is 18.2 Å². The number of ether oxygens (including phenoxy) is 2. The molecule has 4 rings (SSSR count). The van der Waals surface area contributed by atoms with Crippen LogP contribution in [0.25, 0.3) is 11.0 Å². The summed E-state index contributed by atoms with van der Waals surface area (Å²) in [7, 11) is 0. The summed E-state index contributed by atoms with van der Waals surface area (Å²) in [6.07, 6.45) is 0.635. The summed E-state index contributed by atoms with van der Waals surface area (Å²) in [6, 6.07) is 10.4. The van der Waals surface area contributed by atoms with Crippen molar-refractivity contribution >= 4 is 16.9 Å². The van der Waals surface area contributed by atoms with E-state index in [9.17, 15) is 9.18 Å². The number of rotatable bonds is 4. The average molecular weight is 355 g/mol. The number of benzene rings is 2. The fraction of sp³-hybridized carbons (Fsp3) is 0.250. The van der Waals surface area contributed by atoms with Gasteiger partial charge in [-0.3, -0.25) is 4.79 Å². The Bertz CT molecular complexity index is 979. The van der Waals surface area contributed by atoms with Gasteiger partial charge in [0.05, 0.1) is 0 Å². The maximum absolute atomic E-state index is 13.8. The Morgan fingerprint density at radius 3 is 2.77 bits per heavy atom. The van der Waals surface area contributed by atoms with Gasteiger partial charge in [0.1, 0.15) is 13.2 Å². The quantitative estimate of drug-likeness (QED) is 0.776. The third-order valence-electron chi connectivity index (χ3n) is 4.43. The molecule has 0 fully saturated rings. The minimum atomic E-state index is -0.471. The highest BCUT2D eigenvalue weighted by Gasteiger charge is 2.19. The van der Waals surface area contributed by atoms with E-state index in [1.54, 1.807) is 19.1 Å². The van der Waals surface area contributed by atoms with Crippen LogP contribution in [0, 0.1) is 12.7 Å². The molecule has 0 atom stereocenters. The number of amides is 1. The Hall–Kier alpha value is -3.02. The average Bonchev–Trinajstić information content (AvgIpc) is 3.00. The number of fused-ring (bicyclic) bond motifs is 2. The summed E-state index contributed by atoms with van der Waals surface area (Å²) >= 11 is 0. The predicted octanol–water partition coefficient (Wildman–Crippen LogP) is 3.62. The van der Waals surface area contributed by atoms with Crippen LogP contribution in [0.5, 0.6) is 11.5 Å². The first-order valence-corrected chi connectivity index (χ1v) is 8.48. The van der Waals surface area contributed by atoms with Crippen molar-refractivity contribution in [1.29, 1.82) is 0 Å². The second-order valence-corrected chi connectivity index (χ2v) is 6.16. The van der Waals surface area contributed by atoms with Crippen molar-refractivity contribution in [3.05, 3.63) is 59.1 Å². The number of carbonyl (C=O) groups excluding carboxylic acids is 1. The monoisotopic (exact) mass is 355 g/mol. The van der Waals surface area contributed by atoms with Gasteiger partial charge in [-0.15, -0.1) is 0 Å². The fourth-order valence-corrected chi connectivity index (χ4v) is 3.07. The third-order valence-corrected chi connectivity index (χ3v) is 4.43. The highest BCUT2D eigenvalue weighted by molar-refractivity contribution is 5.99. The zero-order valence-electron chi connectivity index (χ0n) is 14.3. The van der Waals surface area contributed by atoms with Crippen LogP contribution in [0.4, 0.5) is 4.39 Å². The Labute approximate surface area is 149 Å². The lowest BCUT2D eigenvalue weighted by molar-refractivity contribution is 0.0927. The van der Waals surface area contributed by atoms with Crippen molar-refractivity contribution in [2.75, 3.05) is 19.8 Å². The maximum atomic E-state index is 13.8. The number of hydrogen-bond donors (Lipinski definition) is 1. The molecule has 0 saturated carbocycles. The molecule has 0 bridgehead atoms. The normalized spacial score (nSPS) is 13.0. The van der Waals surface area contributed by atoms with Crippen LogP contribution in [0.1, 0.15) is 21.7 Å². The number of aryl methyl sites for hydroxylation is 1. The van der Waals surface area contributed by atoms with Crippen molar-refractivity contribution in [2.45, 2.75) is 13.3 Å². The summed E-state index contributed by atoms with van der Waals surface area (Å²) in [5.74, 6) is 0.788. The number of para-hydroxylation sites is 1. The van der Waals surface area contributed by atoms with Crippen LogP contribution in [0.3, 0.4) is 0 Å². The zero-order valence-corrected chi connectivity index (χ0v) is 14.3. The van der Waals surface area contributed by atoms with Crippen LogP contribution >= 0.6 is 0 Å². The van der Waals surface area contributed by atoms with Crippen LogP contribution in [0.15, 0.2) is 40.8 Å². The van der Waals surface area contributed by atoms with Crippen molar-refractivity contribution in [3.8, 4) is 11.5 Å². The number of nitrogens with one attached hydrogen (secondary N) is 1. The standard InChI is InChI=1S/C20H18FNO4/c1-12-14-3-2-4-15(21)19(14)26-18(12)20(23)22-8-7-13-5-6-16-17(11-13)25-10-9-24-16/h2-6,11H,7-10H2,1H3,(H,22,23). The van der Waals surface area contributed by atoms with Gasteiger partial charge in [-0.05, 0) is 37.1 Å². The number of hydrogen-bond acceptors (Lipinski definition) is 4. The first-order chi connectivity index (χ1) is 12.6. The fourth-order valence-electron chi connectivity index (χ4n) is 3.07. The lowest BCUT2D eigenvalue weighted by atomic mass is 10.1. The number of carbonyl (C=O) groups is 1. The molecule has 2 heterocycles. The van der Waals surface area contributed by atoms with E-state index in [2.05, 4.69) is 5.32 Å². The van der Waals surface area contributed by atoms with Crippen molar-refractivity contribution < 1.29 is 23.1 Å². The summed E-state index contributed by atoms with van der Waals surface area (Å²) in [6.45, 7) is 3.27. The SMILES string of the molecule is Cc1c(C(=O)NCCc2ccc3c(c2)OCCO3)oc2c(F)cccc12. The molecule has 1 N–H and O–H groups in total. The molecule has 3 aromatic rings. The van der Waals surface area contributed by atoms with Crippen LogP contribution < -0.4 is 14.8 Å². The molecule has 134 valence electrons. The smallest absolute Gasteiger partial charge is 0.287 e. The van der Waals surface area contributed by atoms with Gasteiger partial charge in [0, 0.05) is 17.5 Å². The zero-order chi connectivity index (χ0) is 18.1. The molecule has 0 spiro atoms. The minimum absolute atomic E-state index is 0.113. The third kappa shape index (κ3) is 2.98. The molecule has 0 saturated heterocycles. The molecular formula is C20H18FNO4. The lowest BCUT2D eigenvalue weighted by Gasteiger charge is -2.18. The van der Waals surface area contributed by atoms with E-state index >= 15 is 0 Å². The predicted molar refractivity (Wildman–Crippen MR) is 94.4 cm³/mol. The number of halogens is 1. The van der Waals surface area contributed by atoms with E-state index in [-0.39, 0.29) is 17.3 Å². The maximum Gasteiger partial charge on any atom is 0.287 e. The largest absolute Gasteiger partial charge is 0.486 e. The molecule has 1 amide bonds. The minimum Gasteiger partial charge on any atom is -0.486 e. The second-order valence-electron chi connectivity index (χ2n) is 6.16. The molecule has 26 heavy (non-hydrogen) atoms. The highest BCUT2D eigenvalue weighted by atomic mass is 19.1. The van der Waals surface area contributed by atoms with Crippen molar-refractivity contribution in [1.82, 2.24) is 5.32 Å². The molecule has 1 aliphatic heterocycles. The molecule has 0 unspecified atom stereocenters. The molecule has 1 aliphatic rings. The summed E-state index contributed by atoms with van der Waals surface area (Å²) in [5.41, 5.74) is 1.78. The Morgan fingerprint density at radius 1 is 1.15 bits per heavy atom. The van der Waals surface area contributed by atoms with E-state index in [0.717, 1.165) is 17.1 Å². The molecule has 5 nitrogen and oxygen atoms in total. The van der Waals surface area contributed by atoms with Gasteiger partial charge in [-0.2, -0.15) is 0 Å². The highest BCUT2D eigenvalue weighted by Crippen LogP contribution is 2.31. The second kappa shape index (κ2) is 6.71. The molecule has 2 aromatic carbocycles. The molecule has 1 aromatic heterocycles. The van der Waals surface area contributed by atoms with Gasteiger partial charge in [0.2, 0.25) is 0 Å². The molecule has 0 aliphatic carbocycles. The molecule has 6 heteroatoms. The van der Waals surface area contributed by atoms with Crippen molar-refractivity contribution in [3.63, 3.8) is 0 Å². The summed E-state index contributed by atoms with van der Waals surface area (Å²) < 4.78 is 30.3. The molecule has 0 radical (unpaired) electrons. The number of furan rings is 1. The first-order valence-electron chi connectivity index (χ1n) is 8.48. The molecular weight excluding hydrogens is 337 g/mol. The van der Waals surface area contributed by atoms with Crippen LogP contribution in [-0.4, -0.2) is 25.7 Å². The van der Waals surface area contributed by atoms with Crippen LogP contribution in [0.2, 0.25) is 0 Å². The lowest BCUT2D eigenvalue weighted by Crippen LogP contribution is -2.26. The van der Waals surface area contributed by atoms with Gasteiger partial charge in [-0.25, -0.2) is 4.39 Å². The first kappa shape index (κ1) is 16.4. The van der Waals surface area contributed by atoms with Gasteiger partial charge in [0.25, 0.3) is 5.91 Å². The van der Waals surface area contributed by atoms with E-state index in [1.165, 1.54) is 6.07 Å². The topological polar surface area (TPSA) is 60.7 Å². The van der Waals surface area contributed by atoms with Gasteiger partial charge >= 0.3 is 0 Å². The van der Waals surface area contributed by atoms with E-state index < -0.39 is 5.82 Å². The Kier molecular flexibility index (Phi) is 4.24. The van der Waals surface area contributed by atoms with Gasteiger partial charge in [-0.1, -0.05) is 18.2 Å². The van der Waals surface area contributed by atoms with Crippen molar-refractivity contribution in [2.24, 2.45) is 0 Å². The summed E-state index contributed by atoms with van der Waals surface area (Å²) in [5, 5.41) is 3.43.